The lowest BCUT2D eigenvalue weighted by molar-refractivity contribution is -0.122. The van der Waals surface area contributed by atoms with E-state index in [1.807, 2.05) is 0 Å². The molecule has 0 aromatic carbocycles. The highest BCUT2D eigenvalue weighted by atomic mass is 32.2. The summed E-state index contributed by atoms with van der Waals surface area (Å²) in [5.41, 5.74) is -4.21. The zero-order valence-corrected chi connectivity index (χ0v) is 10.3. The van der Waals surface area contributed by atoms with Crippen LogP contribution in [-0.2, 0) is 4.79 Å². The van der Waals surface area contributed by atoms with Crippen molar-refractivity contribution in [3.05, 3.63) is 0 Å². The molecule has 0 aromatic heterocycles. The lowest BCUT2D eigenvalue weighted by Crippen LogP contribution is -2.34. The van der Waals surface area contributed by atoms with Crippen molar-refractivity contribution >= 4 is 17.7 Å². The zero-order chi connectivity index (χ0) is 12.7. The van der Waals surface area contributed by atoms with Gasteiger partial charge in [-0.3, -0.25) is 4.79 Å². The van der Waals surface area contributed by atoms with Crippen LogP contribution in [-0.4, -0.2) is 36.8 Å². The van der Waals surface area contributed by atoms with Gasteiger partial charge in [0.1, 0.15) is 0 Å². The maximum Gasteiger partial charge on any atom is 0.441 e. The highest BCUT2D eigenvalue weighted by Gasteiger charge is 2.27. The van der Waals surface area contributed by atoms with Gasteiger partial charge in [0.25, 0.3) is 0 Å². The fraction of sp³-hybridized carbons (Fsp3) is 0.900. The van der Waals surface area contributed by atoms with Crippen molar-refractivity contribution in [1.82, 2.24) is 10.6 Å². The van der Waals surface area contributed by atoms with Crippen LogP contribution in [0, 0.1) is 5.92 Å². The van der Waals surface area contributed by atoms with E-state index in [-0.39, 0.29) is 30.0 Å². The molecule has 1 heterocycles. The number of rotatable bonds is 5. The number of alkyl halides is 3. The van der Waals surface area contributed by atoms with Crippen molar-refractivity contribution in [1.29, 1.82) is 0 Å². The third-order valence-corrected chi connectivity index (χ3v) is 3.30. The van der Waals surface area contributed by atoms with E-state index < -0.39 is 5.51 Å². The number of nitrogens with one attached hydrogen (secondary N) is 2. The van der Waals surface area contributed by atoms with Crippen molar-refractivity contribution in [2.75, 3.05) is 25.4 Å². The van der Waals surface area contributed by atoms with Crippen molar-refractivity contribution in [3.8, 4) is 0 Å². The second-order valence-electron chi connectivity index (χ2n) is 4.06. The van der Waals surface area contributed by atoms with Crippen LogP contribution >= 0.6 is 11.8 Å². The van der Waals surface area contributed by atoms with Gasteiger partial charge in [-0.2, -0.15) is 13.2 Å². The Labute approximate surface area is 103 Å². The number of halogens is 3. The van der Waals surface area contributed by atoms with Crippen LogP contribution in [0.1, 0.15) is 19.3 Å². The van der Waals surface area contributed by atoms with Crippen LogP contribution in [0.4, 0.5) is 13.2 Å². The molecule has 1 atom stereocenters. The van der Waals surface area contributed by atoms with Crippen molar-refractivity contribution < 1.29 is 18.0 Å². The third-order valence-electron chi connectivity index (χ3n) is 2.56. The number of carbonyl (C=O) groups excluding carboxylic acids is 1. The van der Waals surface area contributed by atoms with Crippen LogP contribution in [0.25, 0.3) is 0 Å². The Morgan fingerprint density at radius 1 is 1.47 bits per heavy atom. The maximum atomic E-state index is 11.8. The summed E-state index contributed by atoms with van der Waals surface area (Å²) in [5.74, 6) is 0.0403. The molecular formula is C10H17F3N2OS. The summed E-state index contributed by atoms with van der Waals surface area (Å²) in [7, 11) is 0. The van der Waals surface area contributed by atoms with E-state index in [2.05, 4.69) is 10.6 Å². The molecule has 3 nitrogen and oxygen atoms in total. The minimum absolute atomic E-state index is 0.0726. The van der Waals surface area contributed by atoms with Crippen LogP contribution in [0.2, 0.25) is 0 Å². The smallest absolute Gasteiger partial charge is 0.355 e. The fourth-order valence-corrected chi connectivity index (χ4v) is 2.23. The molecule has 0 aliphatic carbocycles. The molecule has 17 heavy (non-hydrogen) atoms. The molecule has 1 aliphatic heterocycles. The first kappa shape index (κ1) is 14.6. The van der Waals surface area contributed by atoms with Gasteiger partial charge in [0.05, 0.1) is 0 Å². The highest BCUT2D eigenvalue weighted by Crippen LogP contribution is 2.29. The Hall–Kier alpha value is -0.430. The molecule has 1 unspecified atom stereocenters. The van der Waals surface area contributed by atoms with Gasteiger partial charge < -0.3 is 10.6 Å². The van der Waals surface area contributed by atoms with Crippen molar-refractivity contribution in [2.45, 2.75) is 24.8 Å². The summed E-state index contributed by atoms with van der Waals surface area (Å²) in [5, 5.41) is 5.71. The number of piperidine rings is 1. The minimum atomic E-state index is -4.21. The van der Waals surface area contributed by atoms with Crippen LogP contribution < -0.4 is 10.6 Å². The Kier molecular flexibility index (Phi) is 6.11. The van der Waals surface area contributed by atoms with E-state index in [0.717, 1.165) is 25.9 Å². The van der Waals surface area contributed by atoms with Crippen molar-refractivity contribution in [3.63, 3.8) is 0 Å². The summed E-state index contributed by atoms with van der Waals surface area (Å²) in [4.78, 5) is 11.4. The second-order valence-corrected chi connectivity index (χ2v) is 5.22. The number of hydrogen-bond acceptors (Lipinski definition) is 3. The monoisotopic (exact) mass is 270 g/mol. The zero-order valence-electron chi connectivity index (χ0n) is 9.48. The first-order valence-electron chi connectivity index (χ1n) is 5.65. The number of amides is 1. The molecule has 0 bridgehead atoms. The first-order chi connectivity index (χ1) is 7.97. The highest BCUT2D eigenvalue weighted by molar-refractivity contribution is 8.00. The lowest BCUT2D eigenvalue weighted by atomic mass is 9.96. The molecule has 0 spiro atoms. The average molecular weight is 270 g/mol. The molecule has 2 N–H and O–H groups in total. The van der Waals surface area contributed by atoms with Gasteiger partial charge in [-0.25, -0.2) is 0 Å². The summed E-state index contributed by atoms with van der Waals surface area (Å²) in [6.45, 7) is 1.88. The van der Waals surface area contributed by atoms with E-state index in [9.17, 15) is 18.0 Å². The van der Waals surface area contributed by atoms with Gasteiger partial charge in [0.2, 0.25) is 5.91 Å². The van der Waals surface area contributed by atoms with E-state index in [1.165, 1.54) is 0 Å². The standard InChI is InChI=1S/C10H17F3N2OS/c11-10(12,13)17-5-4-15-9(16)6-8-2-1-3-14-7-8/h8,14H,1-7H2,(H,15,16). The van der Waals surface area contributed by atoms with E-state index in [0.29, 0.717) is 12.3 Å². The molecule has 1 aliphatic rings. The van der Waals surface area contributed by atoms with Crippen LogP contribution in [0.3, 0.4) is 0 Å². The number of hydrogen-bond donors (Lipinski definition) is 2. The van der Waals surface area contributed by atoms with Crippen LogP contribution in [0.5, 0.6) is 0 Å². The first-order valence-corrected chi connectivity index (χ1v) is 6.64. The normalized spacial score (nSPS) is 21.2. The summed E-state index contributed by atoms with van der Waals surface area (Å²) < 4.78 is 35.4. The summed E-state index contributed by atoms with van der Waals surface area (Å²) in [6, 6.07) is 0. The largest absolute Gasteiger partial charge is 0.441 e. The van der Waals surface area contributed by atoms with E-state index in [1.54, 1.807) is 0 Å². The van der Waals surface area contributed by atoms with Gasteiger partial charge in [0.15, 0.2) is 0 Å². The fourth-order valence-electron chi connectivity index (χ4n) is 1.79. The molecule has 1 fully saturated rings. The lowest BCUT2D eigenvalue weighted by Gasteiger charge is -2.22. The SMILES string of the molecule is O=C(CC1CCCNC1)NCCSC(F)(F)F. The van der Waals surface area contributed by atoms with Gasteiger partial charge in [-0.1, -0.05) is 0 Å². The van der Waals surface area contributed by atoms with E-state index in [4.69, 9.17) is 0 Å². The van der Waals surface area contributed by atoms with Crippen LogP contribution in [0.15, 0.2) is 0 Å². The predicted molar refractivity (Wildman–Crippen MR) is 61.7 cm³/mol. The summed E-state index contributed by atoms with van der Waals surface area (Å²) >= 11 is -0.105. The second kappa shape index (κ2) is 7.10. The average Bonchev–Trinajstić information content (AvgIpc) is 2.25. The Balaban J connectivity index is 2.04. The third kappa shape index (κ3) is 7.49. The quantitative estimate of drug-likeness (QED) is 0.748. The Morgan fingerprint density at radius 3 is 2.82 bits per heavy atom. The molecule has 0 saturated carbocycles. The molecule has 0 radical (unpaired) electrons. The molecular weight excluding hydrogens is 253 g/mol. The molecule has 0 aromatic rings. The van der Waals surface area contributed by atoms with Crippen molar-refractivity contribution in [2.24, 2.45) is 5.92 Å². The predicted octanol–water partition coefficient (Wildman–Crippen LogP) is 1.75. The van der Waals surface area contributed by atoms with Gasteiger partial charge in [-0.15, -0.1) is 0 Å². The Bertz CT molecular complexity index is 242. The van der Waals surface area contributed by atoms with E-state index >= 15 is 0 Å². The molecule has 1 saturated heterocycles. The number of carbonyl (C=O) groups is 1. The summed E-state index contributed by atoms with van der Waals surface area (Å²) in [6.07, 6.45) is 2.48. The topological polar surface area (TPSA) is 41.1 Å². The molecule has 1 rings (SSSR count). The van der Waals surface area contributed by atoms with Gasteiger partial charge in [-0.05, 0) is 43.6 Å². The van der Waals surface area contributed by atoms with Gasteiger partial charge >= 0.3 is 5.51 Å². The molecule has 1 amide bonds. The molecule has 100 valence electrons. The minimum Gasteiger partial charge on any atom is -0.355 e. The van der Waals surface area contributed by atoms with Gasteiger partial charge in [0, 0.05) is 18.7 Å². The Morgan fingerprint density at radius 2 is 2.24 bits per heavy atom. The molecule has 7 heteroatoms. The maximum absolute atomic E-state index is 11.8. The number of thioether (sulfide) groups is 1.